The molecular weight excluding hydrogens is 246 g/mol. The topological polar surface area (TPSA) is 12.0 Å². The van der Waals surface area contributed by atoms with Crippen molar-refractivity contribution in [3.05, 3.63) is 35.9 Å². The molecule has 0 fully saturated rings. The van der Waals surface area contributed by atoms with Crippen LogP contribution < -0.4 is 5.32 Å². The number of benzene rings is 1. The molecule has 0 amide bonds. The third-order valence-electron chi connectivity index (χ3n) is 2.89. The molecule has 0 aromatic heterocycles. The molecule has 0 spiro atoms. The summed E-state index contributed by atoms with van der Waals surface area (Å²) < 4.78 is 0. The first-order valence-corrected chi connectivity index (χ1v) is 10.4. The molecule has 0 aliphatic heterocycles. The van der Waals surface area contributed by atoms with Gasteiger partial charge in [0.2, 0.25) is 0 Å². The molecule has 1 aromatic carbocycles. The molecule has 1 rings (SSSR count). The van der Waals surface area contributed by atoms with Gasteiger partial charge in [0.1, 0.15) is 0 Å². The Morgan fingerprint density at radius 3 is 2.24 bits per heavy atom. The van der Waals surface area contributed by atoms with E-state index in [4.69, 9.17) is 11.6 Å². The number of hydrogen-bond acceptors (Lipinski definition) is 1. The lowest BCUT2D eigenvalue weighted by molar-refractivity contribution is 0.551. The van der Waals surface area contributed by atoms with Gasteiger partial charge in [0.05, 0.1) is 8.07 Å². The van der Waals surface area contributed by atoms with E-state index in [0.29, 0.717) is 0 Å². The van der Waals surface area contributed by atoms with E-state index in [9.17, 15) is 0 Å². The Hall–Kier alpha value is -0.313. The number of halogens is 1. The predicted octanol–water partition coefficient (Wildman–Crippen LogP) is 4.21. The maximum Gasteiger partial charge on any atom is 0.0673 e. The molecule has 3 heteroatoms. The lowest BCUT2D eigenvalue weighted by atomic mass is 10.1. The van der Waals surface area contributed by atoms with Crippen LogP contribution in [0, 0.1) is 0 Å². The summed E-state index contributed by atoms with van der Waals surface area (Å²) in [5.41, 5.74) is 1.31. The van der Waals surface area contributed by atoms with Crippen molar-refractivity contribution < 1.29 is 0 Å². The smallest absolute Gasteiger partial charge is 0.0673 e. The molecule has 0 heterocycles. The van der Waals surface area contributed by atoms with Gasteiger partial charge in [0, 0.05) is 11.0 Å². The van der Waals surface area contributed by atoms with Crippen LogP contribution in [0.25, 0.3) is 0 Å². The van der Waals surface area contributed by atoms with Crippen LogP contribution in [0.2, 0.25) is 19.6 Å². The molecule has 0 saturated carbocycles. The first-order chi connectivity index (χ1) is 7.96. The molecule has 0 unspecified atom stereocenters. The molecule has 1 aromatic rings. The van der Waals surface area contributed by atoms with Gasteiger partial charge in [0.15, 0.2) is 0 Å². The number of alkyl halides is 1. The largest absolute Gasteiger partial charge is 0.309 e. The minimum atomic E-state index is -1.35. The molecule has 0 saturated heterocycles. The fraction of sp³-hybridized carbons (Fsp3) is 0.571. The molecule has 17 heavy (non-hydrogen) atoms. The third kappa shape index (κ3) is 4.45. The summed E-state index contributed by atoms with van der Waals surface area (Å²) in [6, 6.07) is 10.8. The molecule has 2 atom stereocenters. The molecule has 96 valence electrons. The molecule has 0 aliphatic rings. The van der Waals surface area contributed by atoms with Crippen LogP contribution in [0.15, 0.2) is 30.3 Å². The van der Waals surface area contributed by atoms with Crippen molar-refractivity contribution in [1.29, 1.82) is 0 Å². The van der Waals surface area contributed by atoms with Crippen LogP contribution >= 0.6 is 11.6 Å². The first-order valence-electron chi connectivity index (χ1n) is 6.39. The average molecular weight is 270 g/mol. The van der Waals surface area contributed by atoms with E-state index >= 15 is 0 Å². The Kier molecular flexibility index (Phi) is 5.70. The van der Waals surface area contributed by atoms with Gasteiger partial charge in [-0.15, -0.1) is 11.6 Å². The van der Waals surface area contributed by atoms with Crippen LogP contribution in [0.1, 0.15) is 24.9 Å². The van der Waals surface area contributed by atoms with E-state index in [-0.39, 0.29) is 11.0 Å². The van der Waals surface area contributed by atoms with Crippen LogP contribution in [0.3, 0.4) is 0 Å². The molecule has 1 nitrogen and oxygen atoms in total. The molecule has 1 N–H and O–H groups in total. The third-order valence-corrected chi connectivity index (χ3v) is 7.10. The van der Waals surface area contributed by atoms with Gasteiger partial charge in [-0.25, -0.2) is 0 Å². The van der Waals surface area contributed by atoms with Gasteiger partial charge in [0.25, 0.3) is 0 Å². The maximum absolute atomic E-state index is 6.69. The van der Waals surface area contributed by atoms with Crippen molar-refractivity contribution in [1.82, 2.24) is 5.32 Å². The quantitative estimate of drug-likeness (QED) is 0.603. The van der Waals surface area contributed by atoms with Crippen LogP contribution in [-0.4, -0.2) is 19.6 Å². The number of hydrogen-bond donors (Lipinski definition) is 1. The molecule has 0 radical (unpaired) electrons. The van der Waals surface area contributed by atoms with Gasteiger partial charge in [-0.2, -0.15) is 0 Å². The maximum atomic E-state index is 6.69. The van der Waals surface area contributed by atoms with Crippen molar-refractivity contribution in [3.8, 4) is 0 Å². The summed E-state index contributed by atoms with van der Waals surface area (Å²) in [4.78, 5) is 0. The summed E-state index contributed by atoms with van der Waals surface area (Å²) >= 11 is 6.69. The van der Waals surface area contributed by atoms with Gasteiger partial charge in [-0.05, 0) is 18.5 Å². The summed E-state index contributed by atoms with van der Waals surface area (Å²) in [5.74, 6) is 0. The highest BCUT2D eigenvalue weighted by Gasteiger charge is 2.32. The second kappa shape index (κ2) is 6.57. The van der Waals surface area contributed by atoms with Crippen molar-refractivity contribution in [2.45, 2.75) is 44.0 Å². The van der Waals surface area contributed by atoms with E-state index in [1.165, 1.54) is 5.56 Å². The van der Waals surface area contributed by atoms with E-state index < -0.39 is 8.07 Å². The van der Waals surface area contributed by atoms with E-state index in [2.05, 4.69) is 62.2 Å². The SMILES string of the molecule is CCCN[C@H](c1ccccc1)[C@H](Cl)[Si](C)(C)C. The van der Waals surface area contributed by atoms with Gasteiger partial charge in [-0.1, -0.05) is 56.9 Å². The van der Waals surface area contributed by atoms with Crippen molar-refractivity contribution in [2.75, 3.05) is 6.54 Å². The normalized spacial score (nSPS) is 15.6. The number of rotatable bonds is 6. The Labute approximate surface area is 112 Å². The van der Waals surface area contributed by atoms with Crippen molar-refractivity contribution in [3.63, 3.8) is 0 Å². The van der Waals surface area contributed by atoms with Crippen LogP contribution in [0.4, 0.5) is 0 Å². The second-order valence-corrected chi connectivity index (χ2v) is 11.8. The summed E-state index contributed by atoms with van der Waals surface area (Å²) in [7, 11) is -1.35. The standard InChI is InChI=1S/C14H24ClNSi/c1-5-11-16-13(14(15)17(2,3)4)12-9-7-6-8-10-12/h6-10,13-14,16H,5,11H2,1-4H3/t13-,14-/m1/s1. The lowest BCUT2D eigenvalue weighted by Gasteiger charge is -2.32. The van der Waals surface area contributed by atoms with E-state index in [1.807, 2.05) is 0 Å². The van der Waals surface area contributed by atoms with Gasteiger partial charge in [-0.3, -0.25) is 0 Å². The Bertz CT molecular complexity index is 321. The second-order valence-electron chi connectivity index (χ2n) is 5.61. The minimum absolute atomic E-state index is 0.219. The van der Waals surface area contributed by atoms with Crippen LogP contribution in [-0.2, 0) is 0 Å². The lowest BCUT2D eigenvalue weighted by Crippen LogP contribution is -2.44. The monoisotopic (exact) mass is 269 g/mol. The van der Waals surface area contributed by atoms with Crippen LogP contribution in [0.5, 0.6) is 0 Å². The zero-order valence-electron chi connectivity index (χ0n) is 11.3. The molecule has 0 aliphatic carbocycles. The van der Waals surface area contributed by atoms with E-state index in [1.54, 1.807) is 0 Å². The van der Waals surface area contributed by atoms with E-state index in [0.717, 1.165) is 13.0 Å². The fourth-order valence-electron chi connectivity index (χ4n) is 1.85. The Morgan fingerprint density at radius 1 is 1.18 bits per heavy atom. The van der Waals surface area contributed by atoms with Gasteiger partial charge >= 0.3 is 0 Å². The highest BCUT2D eigenvalue weighted by atomic mass is 35.5. The zero-order valence-corrected chi connectivity index (χ0v) is 13.1. The predicted molar refractivity (Wildman–Crippen MR) is 80.5 cm³/mol. The highest BCUT2D eigenvalue weighted by Crippen LogP contribution is 2.28. The summed E-state index contributed by atoms with van der Waals surface area (Å²) in [6.07, 6.45) is 1.14. The molecule has 0 bridgehead atoms. The average Bonchev–Trinajstić information content (AvgIpc) is 2.29. The summed E-state index contributed by atoms with van der Waals surface area (Å²) in [5, 5.41) is 3.81. The highest BCUT2D eigenvalue weighted by molar-refractivity contribution is 6.84. The molecular formula is C14H24ClNSi. The fourth-order valence-corrected chi connectivity index (χ4v) is 3.40. The summed E-state index contributed by atoms with van der Waals surface area (Å²) in [6.45, 7) is 10.2. The first kappa shape index (κ1) is 14.7. The van der Waals surface area contributed by atoms with Gasteiger partial charge < -0.3 is 5.32 Å². The van der Waals surface area contributed by atoms with Crippen molar-refractivity contribution in [2.24, 2.45) is 0 Å². The Balaban J connectivity index is 2.88. The zero-order chi connectivity index (χ0) is 12.9. The van der Waals surface area contributed by atoms with Crippen molar-refractivity contribution >= 4 is 19.7 Å². The number of nitrogens with one attached hydrogen (secondary N) is 1. The Morgan fingerprint density at radius 2 is 1.76 bits per heavy atom. The minimum Gasteiger partial charge on any atom is -0.309 e.